The van der Waals surface area contributed by atoms with Gasteiger partial charge >= 0.3 is 6.05 Å². The largest absolute Gasteiger partial charge is 0.305 e. The Morgan fingerprint density at radius 3 is 2.60 bits per heavy atom. The lowest BCUT2D eigenvalue weighted by Crippen LogP contribution is -2.31. The van der Waals surface area contributed by atoms with E-state index in [1.54, 1.807) is 18.2 Å². The molecule has 2 aromatic rings. The molecule has 0 fully saturated rings. The number of para-hydroxylation sites is 1. The van der Waals surface area contributed by atoms with Crippen LogP contribution in [0.5, 0.6) is 0 Å². The highest BCUT2D eigenvalue weighted by Gasteiger charge is 2.23. The van der Waals surface area contributed by atoms with E-state index in [0.29, 0.717) is 11.2 Å². The zero-order valence-corrected chi connectivity index (χ0v) is 7.95. The Bertz CT molecular complexity index is 477. The fourth-order valence-electron chi connectivity index (χ4n) is 1.45. The lowest BCUT2D eigenvalue weighted by atomic mass is 10.1. The van der Waals surface area contributed by atoms with Crippen LogP contribution in [0.25, 0.3) is 10.9 Å². The van der Waals surface area contributed by atoms with Crippen LogP contribution in [0.1, 0.15) is 5.69 Å². The third kappa shape index (κ3) is 2.47. The van der Waals surface area contributed by atoms with Crippen molar-refractivity contribution in [1.29, 1.82) is 0 Å². The molecule has 78 valence electrons. The maximum atomic E-state index is 12.5. The summed E-state index contributed by atoms with van der Waals surface area (Å²) in [5.41, 5.74) is 5.65. The molecule has 0 radical (unpaired) electrons. The molecule has 0 aliphatic rings. The van der Waals surface area contributed by atoms with Crippen LogP contribution in [0.2, 0.25) is 0 Å². The lowest BCUT2D eigenvalue weighted by Gasteiger charge is -2.09. The van der Waals surface area contributed by atoms with Gasteiger partial charge in [0.05, 0.1) is 11.9 Å². The number of rotatable bonds is 2. The topological polar surface area (TPSA) is 38.9 Å². The zero-order valence-electron chi connectivity index (χ0n) is 7.95. The van der Waals surface area contributed by atoms with Crippen LogP contribution in [0, 0.1) is 0 Å². The first kappa shape index (κ1) is 9.98. The van der Waals surface area contributed by atoms with E-state index in [1.165, 1.54) is 0 Å². The quantitative estimate of drug-likeness (QED) is 0.769. The van der Waals surface area contributed by atoms with Gasteiger partial charge in [-0.1, -0.05) is 24.3 Å². The average Bonchev–Trinajstić information content (AvgIpc) is 2.15. The number of fused-ring (bicyclic) bond motifs is 1. The molecule has 0 unspecified atom stereocenters. The van der Waals surface area contributed by atoms with Crippen molar-refractivity contribution >= 4 is 10.9 Å². The molecule has 0 bridgehead atoms. The second-order valence-corrected chi connectivity index (χ2v) is 3.43. The highest BCUT2D eigenvalue weighted by atomic mass is 19.3. The van der Waals surface area contributed by atoms with Crippen LogP contribution >= 0.6 is 0 Å². The smallest absolute Gasteiger partial charge is 0.272 e. The molecular formula is C11H10F2N2. The van der Waals surface area contributed by atoms with Gasteiger partial charge in [0, 0.05) is 11.1 Å². The molecular weight excluding hydrogens is 198 g/mol. The highest BCUT2D eigenvalue weighted by molar-refractivity contribution is 5.78. The van der Waals surface area contributed by atoms with E-state index in [-0.39, 0.29) is 0 Å². The Hall–Kier alpha value is -1.55. The monoisotopic (exact) mass is 208 g/mol. The number of alkyl halides is 2. The second-order valence-electron chi connectivity index (χ2n) is 3.43. The molecule has 2 nitrogen and oxygen atoms in total. The van der Waals surface area contributed by atoms with E-state index >= 15 is 0 Å². The molecule has 0 saturated carbocycles. The van der Waals surface area contributed by atoms with Crippen molar-refractivity contribution in [2.75, 3.05) is 0 Å². The number of benzene rings is 1. The molecule has 2 rings (SSSR count). The van der Waals surface area contributed by atoms with Gasteiger partial charge in [-0.2, -0.15) is 8.78 Å². The minimum atomic E-state index is -3.20. The summed E-state index contributed by atoms with van der Waals surface area (Å²) in [6.07, 6.45) is -0.530. The number of pyridine rings is 1. The van der Waals surface area contributed by atoms with Crippen LogP contribution in [0.15, 0.2) is 36.4 Å². The van der Waals surface area contributed by atoms with Gasteiger partial charge in [-0.3, -0.25) is 10.7 Å². The first-order valence-electron chi connectivity index (χ1n) is 4.56. The molecule has 4 heteroatoms. The molecule has 1 aromatic heterocycles. The van der Waals surface area contributed by atoms with Gasteiger partial charge in [-0.05, 0) is 12.1 Å². The standard InChI is InChI=1S/C11H10F2N2/c12-11(13,14)7-9-6-5-8-3-1-2-4-10(8)15-9/h1-6H,7,14H2. The third-order valence-electron chi connectivity index (χ3n) is 2.07. The summed E-state index contributed by atoms with van der Waals surface area (Å²) in [5, 5.41) is 0.932. The van der Waals surface area contributed by atoms with Crippen molar-refractivity contribution in [3.05, 3.63) is 42.1 Å². The summed E-state index contributed by atoms with van der Waals surface area (Å²) in [5.74, 6) is 0. The Morgan fingerprint density at radius 1 is 1.13 bits per heavy atom. The number of nitrogens with two attached hydrogens (primary N) is 1. The van der Waals surface area contributed by atoms with Crippen LogP contribution in [0.3, 0.4) is 0 Å². The van der Waals surface area contributed by atoms with Gasteiger partial charge in [0.2, 0.25) is 0 Å². The summed E-state index contributed by atoms with van der Waals surface area (Å²) in [6.45, 7) is 0. The number of hydrogen-bond acceptors (Lipinski definition) is 2. The Morgan fingerprint density at radius 2 is 1.87 bits per heavy atom. The van der Waals surface area contributed by atoms with Crippen molar-refractivity contribution in [3.8, 4) is 0 Å². The average molecular weight is 208 g/mol. The van der Waals surface area contributed by atoms with Crippen LogP contribution in [-0.2, 0) is 6.42 Å². The minimum Gasteiger partial charge on any atom is -0.272 e. The predicted octanol–water partition coefficient (Wildman–Crippen LogP) is 2.33. The Balaban J connectivity index is 2.39. The summed E-state index contributed by atoms with van der Waals surface area (Å²) in [7, 11) is 0. The zero-order chi connectivity index (χ0) is 10.9. The van der Waals surface area contributed by atoms with Gasteiger partial charge in [-0.15, -0.1) is 0 Å². The summed E-state index contributed by atoms with van der Waals surface area (Å²) in [6, 6.07) is 7.50. The van der Waals surface area contributed by atoms with Crippen LogP contribution in [-0.4, -0.2) is 11.0 Å². The van der Waals surface area contributed by atoms with Crippen molar-refractivity contribution < 1.29 is 8.78 Å². The van der Waals surface area contributed by atoms with Gasteiger partial charge < -0.3 is 0 Å². The first-order valence-corrected chi connectivity index (χ1v) is 4.56. The molecule has 1 aromatic carbocycles. The maximum Gasteiger partial charge on any atom is 0.305 e. The van der Waals surface area contributed by atoms with Gasteiger partial charge in [0.15, 0.2) is 0 Å². The van der Waals surface area contributed by atoms with E-state index in [1.807, 2.05) is 18.2 Å². The lowest BCUT2D eigenvalue weighted by molar-refractivity contribution is 0.00785. The number of aromatic nitrogens is 1. The SMILES string of the molecule is NC(F)(F)Cc1ccc2ccccc2n1. The highest BCUT2D eigenvalue weighted by Crippen LogP contribution is 2.16. The maximum absolute atomic E-state index is 12.5. The Kier molecular flexibility index (Phi) is 2.36. The van der Waals surface area contributed by atoms with Crippen molar-refractivity contribution in [2.24, 2.45) is 5.73 Å². The number of halogens is 2. The fourth-order valence-corrected chi connectivity index (χ4v) is 1.45. The van der Waals surface area contributed by atoms with Gasteiger partial charge in [0.1, 0.15) is 0 Å². The summed E-state index contributed by atoms with van der Waals surface area (Å²) < 4.78 is 25.1. The molecule has 0 atom stereocenters. The van der Waals surface area contributed by atoms with E-state index in [2.05, 4.69) is 10.7 Å². The fraction of sp³-hybridized carbons (Fsp3) is 0.182. The summed E-state index contributed by atoms with van der Waals surface area (Å²) in [4.78, 5) is 4.10. The van der Waals surface area contributed by atoms with E-state index in [0.717, 1.165) is 5.39 Å². The molecule has 0 spiro atoms. The van der Waals surface area contributed by atoms with Gasteiger partial charge in [-0.25, -0.2) is 0 Å². The number of hydrogen-bond donors (Lipinski definition) is 1. The predicted molar refractivity (Wildman–Crippen MR) is 54.6 cm³/mol. The van der Waals surface area contributed by atoms with E-state index in [9.17, 15) is 8.78 Å². The normalized spacial score (nSPS) is 11.9. The minimum absolute atomic E-state index is 0.307. The van der Waals surface area contributed by atoms with Crippen molar-refractivity contribution in [3.63, 3.8) is 0 Å². The van der Waals surface area contributed by atoms with Crippen molar-refractivity contribution in [1.82, 2.24) is 4.98 Å². The molecule has 15 heavy (non-hydrogen) atoms. The molecule has 0 amide bonds. The molecule has 0 aliphatic heterocycles. The van der Waals surface area contributed by atoms with Gasteiger partial charge in [0.25, 0.3) is 0 Å². The van der Waals surface area contributed by atoms with Crippen LogP contribution in [0.4, 0.5) is 8.78 Å². The Labute approximate surface area is 85.7 Å². The second kappa shape index (κ2) is 3.55. The van der Waals surface area contributed by atoms with Crippen molar-refractivity contribution in [2.45, 2.75) is 12.5 Å². The molecule has 1 heterocycles. The third-order valence-corrected chi connectivity index (χ3v) is 2.07. The van der Waals surface area contributed by atoms with E-state index in [4.69, 9.17) is 0 Å². The van der Waals surface area contributed by atoms with E-state index < -0.39 is 12.5 Å². The first-order chi connectivity index (χ1) is 7.04. The number of nitrogens with zero attached hydrogens (tertiary/aromatic N) is 1. The molecule has 0 saturated heterocycles. The molecule has 2 N–H and O–H groups in total. The molecule has 0 aliphatic carbocycles. The summed E-state index contributed by atoms with van der Waals surface area (Å²) >= 11 is 0. The van der Waals surface area contributed by atoms with Crippen LogP contribution < -0.4 is 5.73 Å².